The van der Waals surface area contributed by atoms with Crippen LogP contribution in [0.4, 0.5) is 5.88 Å². The smallest absolute Gasteiger partial charge is 0.253 e. The van der Waals surface area contributed by atoms with Gasteiger partial charge in [-0.1, -0.05) is 25.1 Å². The second kappa shape index (κ2) is 6.98. The van der Waals surface area contributed by atoms with Crippen LogP contribution in [0, 0.1) is 11.3 Å². The highest BCUT2D eigenvalue weighted by Crippen LogP contribution is 2.36. The number of piperidine rings is 1. The fraction of sp³-hybridized carbons (Fsp3) is 0.421. The molecule has 6 heteroatoms. The molecule has 3 rings (SSSR count). The minimum absolute atomic E-state index is 0.0284. The van der Waals surface area contributed by atoms with E-state index in [0.29, 0.717) is 30.1 Å². The number of rotatable bonds is 3. The van der Waals surface area contributed by atoms with Gasteiger partial charge in [-0.05, 0) is 37.0 Å². The summed E-state index contributed by atoms with van der Waals surface area (Å²) in [6.45, 7) is 5.47. The van der Waals surface area contributed by atoms with Gasteiger partial charge in [0.15, 0.2) is 0 Å². The molecule has 0 aliphatic carbocycles. The average molecular weight is 338 g/mol. The summed E-state index contributed by atoms with van der Waals surface area (Å²) in [4.78, 5) is 14.5. The van der Waals surface area contributed by atoms with E-state index in [0.717, 1.165) is 24.1 Å². The molecule has 2 heterocycles. The molecule has 2 N–H and O–H groups in total. The van der Waals surface area contributed by atoms with Crippen LogP contribution in [0.2, 0.25) is 0 Å². The Labute approximate surface area is 147 Å². The molecule has 0 bridgehead atoms. The Balaban J connectivity index is 1.70. The lowest BCUT2D eigenvalue weighted by Gasteiger charge is -2.31. The maximum atomic E-state index is 12.7. The van der Waals surface area contributed by atoms with Crippen LogP contribution in [0.15, 0.2) is 28.8 Å². The first-order valence-corrected chi connectivity index (χ1v) is 8.55. The van der Waals surface area contributed by atoms with Gasteiger partial charge in [0.2, 0.25) is 5.88 Å². The van der Waals surface area contributed by atoms with E-state index in [9.17, 15) is 4.79 Å². The van der Waals surface area contributed by atoms with Crippen molar-refractivity contribution in [3.8, 4) is 6.07 Å². The average Bonchev–Trinajstić information content (AvgIpc) is 3.03. The summed E-state index contributed by atoms with van der Waals surface area (Å²) in [7, 11) is 0. The van der Waals surface area contributed by atoms with Crippen LogP contribution >= 0.6 is 0 Å². The lowest BCUT2D eigenvalue weighted by Crippen LogP contribution is -2.38. The van der Waals surface area contributed by atoms with Crippen molar-refractivity contribution < 1.29 is 9.32 Å². The van der Waals surface area contributed by atoms with Gasteiger partial charge >= 0.3 is 0 Å². The van der Waals surface area contributed by atoms with Crippen molar-refractivity contribution in [2.75, 3.05) is 18.8 Å². The summed E-state index contributed by atoms with van der Waals surface area (Å²) in [5.74, 6) is 0.888. The zero-order valence-electron chi connectivity index (χ0n) is 14.5. The van der Waals surface area contributed by atoms with Gasteiger partial charge in [0.05, 0.1) is 17.3 Å². The fourth-order valence-electron chi connectivity index (χ4n) is 3.46. The summed E-state index contributed by atoms with van der Waals surface area (Å²) in [5, 5.41) is 13.2. The van der Waals surface area contributed by atoms with Gasteiger partial charge in [-0.2, -0.15) is 5.26 Å². The molecule has 2 aromatic rings. The molecule has 0 spiro atoms. The van der Waals surface area contributed by atoms with Crippen molar-refractivity contribution >= 4 is 11.8 Å². The molecule has 1 aliphatic heterocycles. The highest BCUT2D eigenvalue weighted by Gasteiger charge is 2.30. The summed E-state index contributed by atoms with van der Waals surface area (Å²) in [6.07, 6.45) is 1.66. The number of benzene rings is 1. The van der Waals surface area contributed by atoms with Gasteiger partial charge in [-0.15, -0.1) is 0 Å². The Hall–Kier alpha value is -2.81. The number of amides is 1. The predicted octanol–water partition coefficient (Wildman–Crippen LogP) is 3.27. The molecule has 1 saturated heterocycles. The number of hydrogen-bond acceptors (Lipinski definition) is 5. The third-order valence-electron chi connectivity index (χ3n) is 4.77. The van der Waals surface area contributed by atoms with Crippen molar-refractivity contribution in [1.29, 1.82) is 5.26 Å². The molecule has 6 nitrogen and oxygen atoms in total. The number of anilines is 1. The van der Waals surface area contributed by atoms with Crippen molar-refractivity contribution in [2.24, 2.45) is 0 Å². The lowest BCUT2D eigenvalue weighted by atomic mass is 9.88. The van der Waals surface area contributed by atoms with E-state index in [1.54, 1.807) is 24.3 Å². The molecule has 0 atom stereocenters. The van der Waals surface area contributed by atoms with Crippen LogP contribution < -0.4 is 5.73 Å². The maximum Gasteiger partial charge on any atom is 0.253 e. The van der Waals surface area contributed by atoms with Gasteiger partial charge < -0.3 is 15.2 Å². The van der Waals surface area contributed by atoms with Crippen molar-refractivity contribution in [3.63, 3.8) is 0 Å². The van der Waals surface area contributed by atoms with E-state index in [-0.39, 0.29) is 17.7 Å². The number of nitrogen functional groups attached to an aromatic ring is 1. The topological polar surface area (TPSA) is 96.1 Å². The van der Waals surface area contributed by atoms with E-state index < -0.39 is 0 Å². The minimum atomic E-state index is -0.0284. The van der Waals surface area contributed by atoms with Crippen LogP contribution in [0.5, 0.6) is 0 Å². The van der Waals surface area contributed by atoms with E-state index in [4.69, 9.17) is 15.5 Å². The van der Waals surface area contributed by atoms with Crippen LogP contribution in [-0.2, 0) is 0 Å². The molecular weight excluding hydrogens is 316 g/mol. The first-order valence-electron chi connectivity index (χ1n) is 8.55. The number of likely N-dealkylation sites (tertiary alicyclic amines) is 1. The summed E-state index contributed by atoms with van der Waals surface area (Å²) in [6, 6.07) is 8.91. The van der Waals surface area contributed by atoms with Crippen LogP contribution in [0.3, 0.4) is 0 Å². The van der Waals surface area contributed by atoms with Gasteiger partial charge in [-0.3, -0.25) is 4.79 Å². The Morgan fingerprint density at radius 3 is 2.76 bits per heavy atom. The lowest BCUT2D eigenvalue weighted by molar-refractivity contribution is 0.0711. The monoisotopic (exact) mass is 338 g/mol. The van der Waals surface area contributed by atoms with E-state index in [1.165, 1.54) is 0 Å². The zero-order chi connectivity index (χ0) is 18.0. The Kier molecular flexibility index (Phi) is 4.75. The summed E-state index contributed by atoms with van der Waals surface area (Å²) < 4.78 is 5.20. The first kappa shape index (κ1) is 17.0. The second-order valence-electron chi connectivity index (χ2n) is 6.76. The van der Waals surface area contributed by atoms with Crippen molar-refractivity contribution in [1.82, 2.24) is 10.1 Å². The van der Waals surface area contributed by atoms with E-state index >= 15 is 0 Å². The molecule has 1 aliphatic rings. The molecule has 0 saturated carbocycles. The number of nitrogens with zero attached hydrogens (tertiary/aromatic N) is 3. The second-order valence-corrected chi connectivity index (χ2v) is 6.76. The highest BCUT2D eigenvalue weighted by molar-refractivity contribution is 5.94. The molecule has 25 heavy (non-hydrogen) atoms. The number of carbonyl (C=O) groups is 1. The Morgan fingerprint density at radius 1 is 1.40 bits per heavy atom. The number of nitriles is 1. The molecule has 1 aromatic heterocycles. The molecular formula is C19H22N4O2. The summed E-state index contributed by atoms with van der Waals surface area (Å²) in [5.41, 5.74) is 8.90. The number of aromatic nitrogens is 1. The Bertz CT molecular complexity index is 811. The van der Waals surface area contributed by atoms with Gasteiger partial charge in [0, 0.05) is 30.1 Å². The third kappa shape index (κ3) is 3.36. The van der Waals surface area contributed by atoms with Crippen LogP contribution in [0.25, 0.3) is 0 Å². The first-order chi connectivity index (χ1) is 12.0. The number of hydrogen-bond donors (Lipinski definition) is 1. The molecule has 1 amide bonds. The third-order valence-corrected chi connectivity index (χ3v) is 4.77. The van der Waals surface area contributed by atoms with Crippen molar-refractivity contribution in [3.05, 3.63) is 46.6 Å². The minimum Gasteiger partial charge on any atom is -0.367 e. The molecule has 0 radical (unpaired) electrons. The Morgan fingerprint density at radius 2 is 2.12 bits per heavy atom. The van der Waals surface area contributed by atoms with Crippen LogP contribution in [0.1, 0.15) is 65.7 Å². The van der Waals surface area contributed by atoms with E-state index in [1.807, 2.05) is 4.90 Å². The molecule has 1 aromatic carbocycles. The maximum absolute atomic E-state index is 12.7. The quantitative estimate of drug-likeness (QED) is 0.926. The highest BCUT2D eigenvalue weighted by atomic mass is 16.5. The van der Waals surface area contributed by atoms with Crippen molar-refractivity contribution in [2.45, 2.75) is 38.5 Å². The molecule has 1 fully saturated rings. The van der Waals surface area contributed by atoms with Gasteiger partial charge in [-0.25, -0.2) is 0 Å². The van der Waals surface area contributed by atoms with E-state index in [2.05, 4.69) is 25.1 Å². The largest absolute Gasteiger partial charge is 0.367 e. The molecule has 0 unspecified atom stereocenters. The zero-order valence-corrected chi connectivity index (χ0v) is 14.5. The van der Waals surface area contributed by atoms with Gasteiger partial charge in [0.1, 0.15) is 0 Å². The summed E-state index contributed by atoms with van der Waals surface area (Å²) >= 11 is 0. The predicted molar refractivity (Wildman–Crippen MR) is 94.0 cm³/mol. The standard InChI is InChI=1S/C19H22N4O2/c1-12(2)16-17(22-25-18(16)21)14-6-8-23(9-7-14)19(24)15-5-3-4-13(10-15)11-20/h3-5,10,12,14H,6-9,21H2,1-2H3. The van der Waals surface area contributed by atoms with Crippen LogP contribution in [-0.4, -0.2) is 29.1 Å². The fourth-order valence-corrected chi connectivity index (χ4v) is 3.46. The number of carbonyl (C=O) groups excluding carboxylic acids is 1. The normalized spacial score (nSPS) is 15.4. The number of nitrogens with two attached hydrogens (primary N) is 1. The SMILES string of the molecule is CC(C)c1c(C2CCN(C(=O)c3cccc(C#N)c3)CC2)noc1N. The molecule has 130 valence electrons. The van der Waals surface area contributed by atoms with Gasteiger partial charge in [0.25, 0.3) is 5.91 Å².